The number of carbonyl (C=O) groups excluding carboxylic acids is 1. The molecular weight excluding hydrogens is 346 g/mol. The SMILES string of the molecule is O=C(NCc1cccnc1)c1csc(-c2cnn(-c3ccccc3)c2)n1. The van der Waals surface area contributed by atoms with E-state index >= 15 is 0 Å². The molecule has 0 aliphatic carbocycles. The molecule has 1 N–H and O–H groups in total. The minimum Gasteiger partial charge on any atom is -0.347 e. The highest BCUT2D eigenvalue weighted by Gasteiger charge is 2.13. The van der Waals surface area contributed by atoms with E-state index in [1.807, 2.05) is 48.7 Å². The van der Waals surface area contributed by atoms with E-state index in [-0.39, 0.29) is 5.91 Å². The van der Waals surface area contributed by atoms with E-state index in [1.54, 1.807) is 28.7 Å². The van der Waals surface area contributed by atoms with Crippen LogP contribution < -0.4 is 5.32 Å². The third-order valence-corrected chi connectivity index (χ3v) is 4.65. The number of thiazole rings is 1. The average molecular weight is 361 g/mol. The van der Waals surface area contributed by atoms with Crippen LogP contribution >= 0.6 is 11.3 Å². The number of para-hydroxylation sites is 1. The second-order valence-corrected chi connectivity index (χ2v) is 6.45. The normalized spacial score (nSPS) is 10.6. The van der Waals surface area contributed by atoms with Crippen LogP contribution in [0.25, 0.3) is 16.3 Å². The average Bonchev–Trinajstić information content (AvgIpc) is 3.37. The Bertz CT molecular complexity index is 1010. The Balaban J connectivity index is 1.46. The van der Waals surface area contributed by atoms with E-state index in [9.17, 15) is 4.79 Å². The summed E-state index contributed by atoms with van der Waals surface area (Å²) in [4.78, 5) is 20.8. The van der Waals surface area contributed by atoms with Gasteiger partial charge in [0.2, 0.25) is 0 Å². The maximum absolute atomic E-state index is 12.3. The first-order valence-corrected chi connectivity index (χ1v) is 8.91. The van der Waals surface area contributed by atoms with Gasteiger partial charge in [0, 0.05) is 36.1 Å². The summed E-state index contributed by atoms with van der Waals surface area (Å²) in [5.41, 5.74) is 3.21. The van der Waals surface area contributed by atoms with Gasteiger partial charge in [0.1, 0.15) is 10.7 Å². The molecule has 4 rings (SSSR count). The van der Waals surface area contributed by atoms with E-state index in [4.69, 9.17) is 0 Å². The zero-order chi connectivity index (χ0) is 17.8. The number of pyridine rings is 1. The van der Waals surface area contributed by atoms with Crippen LogP contribution in [0.5, 0.6) is 0 Å². The minimum absolute atomic E-state index is 0.202. The van der Waals surface area contributed by atoms with E-state index in [2.05, 4.69) is 20.4 Å². The first kappa shape index (κ1) is 16.2. The van der Waals surface area contributed by atoms with Crippen LogP contribution in [-0.4, -0.2) is 25.7 Å². The first-order valence-electron chi connectivity index (χ1n) is 8.03. The molecule has 128 valence electrons. The molecule has 4 aromatic rings. The lowest BCUT2D eigenvalue weighted by Gasteiger charge is -2.02. The van der Waals surface area contributed by atoms with E-state index in [0.717, 1.165) is 21.8 Å². The van der Waals surface area contributed by atoms with Crippen molar-refractivity contribution in [3.05, 3.63) is 83.9 Å². The van der Waals surface area contributed by atoms with Crippen molar-refractivity contribution < 1.29 is 4.79 Å². The lowest BCUT2D eigenvalue weighted by molar-refractivity contribution is 0.0946. The van der Waals surface area contributed by atoms with E-state index in [0.29, 0.717) is 12.2 Å². The van der Waals surface area contributed by atoms with Gasteiger partial charge in [-0.05, 0) is 23.8 Å². The molecule has 0 fully saturated rings. The first-order chi connectivity index (χ1) is 12.8. The van der Waals surface area contributed by atoms with Crippen LogP contribution in [0.3, 0.4) is 0 Å². The molecule has 0 unspecified atom stereocenters. The molecule has 0 saturated heterocycles. The van der Waals surface area contributed by atoms with Crippen LogP contribution in [0, 0.1) is 0 Å². The lowest BCUT2D eigenvalue weighted by atomic mass is 10.3. The highest BCUT2D eigenvalue weighted by Crippen LogP contribution is 2.24. The van der Waals surface area contributed by atoms with Gasteiger partial charge in [-0.2, -0.15) is 5.10 Å². The molecule has 1 aromatic carbocycles. The number of benzene rings is 1. The zero-order valence-corrected chi connectivity index (χ0v) is 14.6. The minimum atomic E-state index is -0.202. The number of nitrogens with one attached hydrogen (secondary N) is 1. The summed E-state index contributed by atoms with van der Waals surface area (Å²) in [6.45, 7) is 0.422. The fourth-order valence-corrected chi connectivity index (χ4v) is 3.22. The predicted octanol–water partition coefficient (Wildman–Crippen LogP) is 3.32. The molecule has 0 aliphatic rings. The summed E-state index contributed by atoms with van der Waals surface area (Å²) in [6.07, 6.45) is 7.09. The van der Waals surface area contributed by atoms with Crippen LogP contribution in [0.2, 0.25) is 0 Å². The number of nitrogens with zero attached hydrogens (tertiary/aromatic N) is 4. The Morgan fingerprint density at radius 1 is 1.12 bits per heavy atom. The molecular formula is C19H15N5OS. The molecule has 0 aliphatic heterocycles. The third-order valence-electron chi connectivity index (χ3n) is 3.76. The van der Waals surface area contributed by atoms with Crippen molar-refractivity contribution in [2.45, 2.75) is 6.54 Å². The monoisotopic (exact) mass is 361 g/mol. The standard InChI is InChI=1S/C19H15N5OS/c25-18(21-10-14-5-4-8-20-9-14)17-13-26-19(23-17)15-11-22-24(12-15)16-6-2-1-3-7-16/h1-9,11-13H,10H2,(H,21,25). The van der Waals surface area contributed by atoms with Gasteiger partial charge in [0.05, 0.1) is 11.9 Å². The van der Waals surface area contributed by atoms with Crippen LogP contribution in [-0.2, 0) is 6.54 Å². The van der Waals surface area contributed by atoms with Crippen molar-refractivity contribution in [3.8, 4) is 16.3 Å². The Kier molecular flexibility index (Phi) is 4.53. The molecule has 0 atom stereocenters. The number of carbonyl (C=O) groups is 1. The van der Waals surface area contributed by atoms with Gasteiger partial charge in [-0.1, -0.05) is 24.3 Å². The van der Waals surface area contributed by atoms with Crippen LogP contribution in [0.15, 0.2) is 72.6 Å². The van der Waals surface area contributed by atoms with Gasteiger partial charge in [-0.15, -0.1) is 11.3 Å². The van der Waals surface area contributed by atoms with Crippen molar-refractivity contribution in [3.63, 3.8) is 0 Å². The molecule has 0 bridgehead atoms. The van der Waals surface area contributed by atoms with Crippen LogP contribution in [0.4, 0.5) is 0 Å². The van der Waals surface area contributed by atoms with Crippen molar-refractivity contribution >= 4 is 17.2 Å². The number of amides is 1. The fraction of sp³-hybridized carbons (Fsp3) is 0.0526. The molecule has 3 aromatic heterocycles. The smallest absolute Gasteiger partial charge is 0.271 e. The Labute approximate surface area is 154 Å². The van der Waals surface area contributed by atoms with Gasteiger partial charge in [0.15, 0.2) is 0 Å². The Hall–Kier alpha value is -3.32. The quantitative estimate of drug-likeness (QED) is 0.592. The second kappa shape index (κ2) is 7.28. The number of hydrogen-bond acceptors (Lipinski definition) is 5. The fourth-order valence-electron chi connectivity index (χ4n) is 2.44. The van der Waals surface area contributed by atoms with Crippen LogP contribution in [0.1, 0.15) is 16.1 Å². The predicted molar refractivity (Wildman–Crippen MR) is 100 cm³/mol. The maximum atomic E-state index is 12.3. The number of hydrogen-bond donors (Lipinski definition) is 1. The summed E-state index contributed by atoms with van der Waals surface area (Å²) >= 11 is 1.42. The summed E-state index contributed by atoms with van der Waals surface area (Å²) < 4.78 is 1.79. The molecule has 26 heavy (non-hydrogen) atoms. The maximum Gasteiger partial charge on any atom is 0.271 e. The molecule has 0 spiro atoms. The van der Waals surface area contributed by atoms with Gasteiger partial charge < -0.3 is 5.32 Å². The van der Waals surface area contributed by atoms with Crippen molar-refractivity contribution in [2.24, 2.45) is 0 Å². The highest BCUT2D eigenvalue weighted by molar-refractivity contribution is 7.13. The molecule has 0 saturated carbocycles. The summed E-state index contributed by atoms with van der Waals surface area (Å²) in [7, 11) is 0. The van der Waals surface area contributed by atoms with Gasteiger partial charge in [-0.3, -0.25) is 9.78 Å². The van der Waals surface area contributed by atoms with E-state index in [1.165, 1.54) is 11.3 Å². The largest absolute Gasteiger partial charge is 0.347 e. The molecule has 6 nitrogen and oxygen atoms in total. The van der Waals surface area contributed by atoms with Gasteiger partial charge in [0.25, 0.3) is 5.91 Å². The Morgan fingerprint density at radius 3 is 2.81 bits per heavy atom. The third kappa shape index (κ3) is 3.52. The molecule has 7 heteroatoms. The zero-order valence-electron chi connectivity index (χ0n) is 13.7. The lowest BCUT2D eigenvalue weighted by Crippen LogP contribution is -2.23. The number of rotatable bonds is 5. The molecule has 3 heterocycles. The van der Waals surface area contributed by atoms with Gasteiger partial charge in [-0.25, -0.2) is 9.67 Å². The molecule has 1 amide bonds. The topological polar surface area (TPSA) is 72.7 Å². The number of aromatic nitrogens is 4. The van der Waals surface area contributed by atoms with Gasteiger partial charge >= 0.3 is 0 Å². The van der Waals surface area contributed by atoms with E-state index < -0.39 is 0 Å². The van der Waals surface area contributed by atoms with Crippen molar-refractivity contribution in [1.29, 1.82) is 0 Å². The summed E-state index contributed by atoms with van der Waals surface area (Å²) in [6, 6.07) is 13.6. The van der Waals surface area contributed by atoms with Crippen molar-refractivity contribution in [2.75, 3.05) is 0 Å². The Morgan fingerprint density at radius 2 is 2.00 bits per heavy atom. The molecule has 0 radical (unpaired) electrons. The second-order valence-electron chi connectivity index (χ2n) is 5.59. The highest BCUT2D eigenvalue weighted by atomic mass is 32.1. The summed E-state index contributed by atoms with van der Waals surface area (Å²) in [5.74, 6) is -0.202. The van der Waals surface area contributed by atoms with Crippen molar-refractivity contribution in [1.82, 2.24) is 25.1 Å². The summed E-state index contributed by atoms with van der Waals surface area (Å²) in [5, 5.41) is 9.74.